The van der Waals surface area contributed by atoms with E-state index in [9.17, 15) is 0 Å². The first-order chi connectivity index (χ1) is 7.77. The Kier molecular flexibility index (Phi) is 5.93. The fourth-order valence-electron chi connectivity index (χ4n) is 1.78. The Morgan fingerprint density at radius 2 is 2.50 bits per heavy atom. The molecule has 4 heteroatoms. The number of rotatable bonds is 5. The molecular formula is C12H23N3O. The van der Waals surface area contributed by atoms with Crippen LogP contribution in [0.4, 0.5) is 0 Å². The smallest absolute Gasteiger partial charge is 0.191 e. The summed E-state index contributed by atoms with van der Waals surface area (Å²) in [6.45, 7) is 10.2. The number of aliphatic imine (C=N–C) groups is 1. The summed E-state index contributed by atoms with van der Waals surface area (Å²) < 4.78 is 5.63. The quantitative estimate of drug-likeness (QED) is 0.421. The first-order valence-electron chi connectivity index (χ1n) is 6.05. The van der Waals surface area contributed by atoms with Crippen molar-refractivity contribution in [3.05, 3.63) is 12.7 Å². The lowest BCUT2D eigenvalue weighted by atomic mass is 10.1. The van der Waals surface area contributed by atoms with Gasteiger partial charge in [0.1, 0.15) is 0 Å². The van der Waals surface area contributed by atoms with Gasteiger partial charge in [-0.05, 0) is 26.7 Å². The predicted octanol–water partition coefficient (Wildman–Crippen LogP) is 1.29. The zero-order valence-electron chi connectivity index (χ0n) is 10.3. The first-order valence-corrected chi connectivity index (χ1v) is 6.05. The Morgan fingerprint density at radius 1 is 1.69 bits per heavy atom. The number of nitrogens with zero attached hydrogens (tertiary/aromatic N) is 1. The summed E-state index contributed by atoms with van der Waals surface area (Å²) in [6, 6.07) is 0.296. The van der Waals surface area contributed by atoms with Crippen molar-refractivity contribution < 1.29 is 4.74 Å². The van der Waals surface area contributed by atoms with Crippen molar-refractivity contribution in [3.8, 4) is 0 Å². The molecule has 0 amide bonds. The highest BCUT2D eigenvalue weighted by Crippen LogP contribution is 2.15. The average Bonchev–Trinajstić information content (AvgIpc) is 2.79. The first kappa shape index (κ1) is 13.0. The highest BCUT2D eigenvalue weighted by atomic mass is 16.5. The molecule has 0 aromatic carbocycles. The molecule has 1 rings (SSSR count). The van der Waals surface area contributed by atoms with E-state index in [1.807, 2.05) is 0 Å². The summed E-state index contributed by atoms with van der Waals surface area (Å²) in [7, 11) is 0. The summed E-state index contributed by atoms with van der Waals surface area (Å²) in [4.78, 5) is 4.36. The molecule has 1 saturated heterocycles. The van der Waals surface area contributed by atoms with E-state index in [1.54, 1.807) is 6.08 Å². The minimum Gasteiger partial charge on any atom is -0.376 e. The number of hydrogen-bond donors (Lipinski definition) is 2. The minimum absolute atomic E-state index is 0.296. The molecular weight excluding hydrogens is 202 g/mol. The van der Waals surface area contributed by atoms with E-state index in [-0.39, 0.29) is 0 Å². The Balaban J connectivity index is 2.42. The topological polar surface area (TPSA) is 45.7 Å². The molecule has 1 aliphatic heterocycles. The van der Waals surface area contributed by atoms with Gasteiger partial charge in [0.25, 0.3) is 0 Å². The largest absolute Gasteiger partial charge is 0.376 e. The van der Waals surface area contributed by atoms with Gasteiger partial charge in [-0.2, -0.15) is 0 Å². The van der Waals surface area contributed by atoms with Crippen molar-refractivity contribution in [2.45, 2.75) is 38.8 Å². The third-order valence-electron chi connectivity index (χ3n) is 2.61. The molecule has 0 aromatic rings. The monoisotopic (exact) mass is 225 g/mol. The van der Waals surface area contributed by atoms with Crippen LogP contribution in [0, 0.1) is 0 Å². The molecule has 92 valence electrons. The maximum Gasteiger partial charge on any atom is 0.191 e. The molecule has 0 aromatic heterocycles. The third-order valence-corrected chi connectivity index (χ3v) is 2.61. The molecule has 0 saturated carbocycles. The third kappa shape index (κ3) is 4.23. The van der Waals surface area contributed by atoms with Crippen LogP contribution in [0.25, 0.3) is 0 Å². The van der Waals surface area contributed by atoms with Crippen molar-refractivity contribution in [1.29, 1.82) is 0 Å². The van der Waals surface area contributed by atoms with Crippen LogP contribution in [-0.4, -0.2) is 37.8 Å². The van der Waals surface area contributed by atoms with Crippen LogP contribution >= 0.6 is 0 Å². The lowest BCUT2D eigenvalue weighted by Crippen LogP contribution is -2.47. The highest BCUT2D eigenvalue weighted by molar-refractivity contribution is 5.80. The normalized spacial score (nSPS) is 22.9. The van der Waals surface area contributed by atoms with E-state index < -0.39 is 0 Å². The van der Waals surface area contributed by atoms with E-state index >= 15 is 0 Å². The van der Waals surface area contributed by atoms with Crippen molar-refractivity contribution >= 4 is 5.96 Å². The van der Waals surface area contributed by atoms with Gasteiger partial charge in [0.15, 0.2) is 5.96 Å². The van der Waals surface area contributed by atoms with Gasteiger partial charge in [-0.25, -0.2) is 4.99 Å². The van der Waals surface area contributed by atoms with Gasteiger partial charge in [-0.1, -0.05) is 6.08 Å². The SMILES string of the molecule is C=CCN=C(NCC)N[C@H](C)[C@@H]1CCCO1. The van der Waals surface area contributed by atoms with Crippen LogP contribution in [0.15, 0.2) is 17.6 Å². The summed E-state index contributed by atoms with van der Waals surface area (Å²) >= 11 is 0. The standard InChI is InChI=1S/C12H23N3O/c1-4-8-14-12(13-5-2)15-10(3)11-7-6-9-16-11/h4,10-11H,1,5-9H2,2-3H3,(H2,13,14,15)/t10-,11+/m1/s1. The van der Waals surface area contributed by atoms with Gasteiger partial charge < -0.3 is 15.4 Å². The van der Waals surface area contributed by atoms with Crippen LogP contribution in [0.5, 0.6) is 0 Å². The highest BCUT2D eigenvalue weighted by Gasteiger charge is 2.22. The second-order valence-corrected chi connectivity index (χ2v) is 3.99. The van der Waals surface area contributed by atoms with Crippen LogP contribution in [0.1, 0.15) is 26.7 Å². The molecule has 0 aliphatic carbocycles. The van der Waals surface area contributed by atoms with Gasteiger partial charge >= 0.3 is 0 Å². The van der Waals surface area contributed by atoms with E-state index in [0.717, 1.165) is 32.0 Å². The van der Waals surface area contributed by atoms with E-state index in [4.69, 9.17) is 4.74 Å². The van der Waals surface area contributed by atoms with Crippen LogP contribution in [-0.2, 0) is 4.74 Å². The molecule has 1 aliphatic rings. The van der Waals surface area contributed by atoms with Gasteiger partial charge in [0.2, 0.25) is 0 Å². The molecule has 16 heavy (non-hydrogen) atoms. The Morgan fingerprint density at radius 3 is 3.06 bits per heavy atom. The predicted molar refractivity (Wildman–Crippen MR) is 67.7 cm³/mol. The maximum atomic E-state index is 5.63. The van der Waals surface area contributed by atoms with Gasteiger partial charge in [0.05, 0.1) is 18.7 Å². The zero-order valence-corrected chi connectivity index (χ0v) is 10.3. The van der Waals surface area contributed by atoms with Crippen LogP contribution in [0.2, 0.25) is 0 Å². The fraction of sp³-hybridized carbons (Fsp3) is 0.750. The molecule has 0 bridgehead atoms. The van der Waals surface area contributed by atoms with Crippen molar-refractivity contribution in [2.75, 3.05) is 19.7 Å². The number of guanidine groups is 1. The molecule has 1 fully saturated rings. The van der Waals surface area contributed by atoms with E-state index in [2.05, 4.69) is 36.1 Å². The molecule has 0 unspecified atom stereocenters. The molecule has 4 nitrogen and oxygen atoms in total. The lowest BCUT2D eigenvalue weighted by molar-refractivity contribution is 0.0890. The van der Waals surface area contributed by atoms with Crippen molar-refractivity contribution in [2.24, 2.45) is 4.99 Å². The Hall–Kier alpha value is -1.03. The second kappa shape index (κ2) is 7.28. The molecule has 2 N–H and O–H groups in total. The number of nitrogens with one attached hydrogen (secondary N) is 2. The average molecular weight is 225 g/mol. The zero-order chi connectivity index (χ0) is 11.8. The van der Waals surface area contributed by atoms with E-state index in [1.165, 1.54) is 0 Å². The Labute approximate surface area is 98.2 Å². The number of hydrogen-bond acceptors (Lipinski definition) is 2. The van der Waals surface area contributed by atoms with Crippen molar-refractivity contribution in [3.63, 3.8) is 0 Å². The molecule has 1 heterocycles. The summed E-state index contributed by atoms with van der Waals surface area (Å²) in [5, 5.41) is 6.57. The van der Waals surface area contributed by atoms with E-state index in [0.29, 0.717) is 18.7 Å². The van der Waals surface area contributed by atoms with Crippen LogP contribution in [0.3, 0.4) is 0 Å². The summed E-state index contributed by atoms with van der Waals surface area (Å²) in [5.74, 6) is 0.838. The van der Waals surface area contributed by atoms with Crippen molar-refractivity contribution in [1.82, 2.24) is 10.6 Å². The van der Waals surface area contributed by atoms with Crippen LogP contribution < -0.4 is 10.6 Å². The minimum atomic E-state index is 0.296. The second-order valence-electron chi connectivity index (χ2n) is 3.99. The Bertz CT molecular complexity index is 234. The summed E-state index contributed by atoms with van der Waals surface area (Å²) in [5.41, 5.74) is 0. The molecule has 0 radical (unpaired) electrons. The lowest BCUT2D eigenvalue weighted by Gasteiger charge is -2.22. The number of ether oxygens (including phenoxy) is 1. The van der Waals surface area contributed by atoms with Gasteiger partial charge in [0, 0.05) is 13.2 Å². The summed E-state index contributed by atoms with van der Waals surface area (Å²) in [6.07, 6.45) is 4.40. The molecule has 0 spiro atoms. The fourth-order valence-corrected chi connectivity index (χ4v) is 1.78. The maximum absolute atomic E-state index is 5.63. The van der Waals surface area contributed by atoms with Gasteiger partial charge in [-0.15, -0.1) is 6.58 Å². The van der Waals surface area contributed by atoms with Gasteiger partial charge in [-0.3, -0.25) is 0 Å². The molecule has 2 atom stereocenters.